The minimum atomic E-state index is 0. The van der Waals surface area contributed by atoms with Crippen molar-refractivity contribution in [3.63, 3.8) is 0 Å². The molecule has 0 bridgehead atoms. The molecule has 0 unspecified atom stereocenters. The Morgan fingerprint density at radius 2 is 1.73 bits per heavy atom. The van der Waals surface area contributed by atoms with Gasteiger partial charge in [-0.3, -0.25) is 4.99 Å². The van der Waals surface area contributed by atoms with E-state index in [1.54, 1.807) is 7.05 Å². The summed E-state index contributed by atoms with van der Waals surface area (Å²) in [4.78, 5) is 8.52. The molecule has 5 nitrogen and oxygen atoms in total. The van der Waals surface area contributed by atoms with Crippen LogP contribution in [0.2, 0.25) is 0 Å². The topological polar surface area (TPSA) is 62.5 Å². The number of oxazole rings is 1. The van der Waals surface area contributed by atoms with Gasteiger partial charge in [0.1, 0.15) is 5.76 Å². The predicted molar refractivity (Wildman–Crippen MR) is 99.6 cm³/mol. The van der Waals surface area contributed by atoms with Crippen molar-refractivity contribution in [3.8, 4) is 0 Å². The lowest BCUT2D eigenvalue weighted by molar-refractivity contribution is 0.463. The lowest BCUT2D eigenvalue weighted by atomic mass is 10.1. The van der Waals surface area contributed by atoms with Gasteiger partial charge in [-0.05, 0) is 26.3 Å². The maximum Gasteiger partial charge on any atom is 0.214 e. The molecule has 0 aliphatic rings. The van der Waals surface area contributed by atoms with E-state index in [-0.39, 0.29) is 24.0 Å². The molecule has 2 N–H and O–H groups in total. The molecule has 2 rings (SSSR count). The third-order valence-electron chi connectivity index (χ3n) is 3.28. The number of guanidine groups is 1. The molecule has 0 spiro atoms. The van der Waals surface area contributed by atoms with Gasteiger partial charge in [-0.25, -0.2) is 4.98 Å². The molecule has 1 aromatic carbocycles. The van der Waals surface area contributed by atoms with E-state index in [4.69, 9.17) is 4.42 Å². The van der Waals surface area contributed by atoms with Crippen LogP contribution in [0.25, 0.3) is 0 Å². The summed E-state index contributed by atoms with van der Waals surface area (Å²) in [7, 11) is 1.75. The number of rotatable bonds is 4. The van der Waals surface area contributed by atoms with Crippen LogP contribution in [0, 0.1) is 20.8 Å². The highest BCUT2D eigenvalue weighted by molar-refractivity contribution is 14.0. The number of nitrogens with one attached hydrogen (secondary N) is 2. The average Bonchev–Trinajstić information content (AvgIpc) is 2.80. The van der Waals surface area contributed by atoms with E-state index < -0.39 is 0 Å². The monoisotopic (exact) mass is 414 g/mol. The lowest BCUT2D eigenvalue weighted by Crippen LogP contribution is -2.36. The second-order valence-corrected chi connectivity index (χ2v) is 5.01. The zero-order valence-electron chi connectivity index (χ0n) is 13.4. The largest absolute Gasteiger partial charge is 0.444 e. The SMILES string of the molecule is CN=C(NCc1ccc(C)cc1)NCc1nc(C)c(C)o1.I. The number of aromatic nitrogens is 1. The highest BCUT2D eigenvalue weighted by Gasteiger charge is 2.06. The van der Waals surface area contributed by atoms with E-state index in [0.717, 1.165) is 24.0 Å². The molecule has 22 heavy (non-hydrogen) atoms. The van der Waals surface area contributed by atoms with Gasteiger partial charge in [0.2, 0.25) is 5.89 Å². The number of aliphatic imine (C=N–C) groups is 1. The van der Waals surface area contributed by atoms with E-state index in [9.17, 15) is 0 Å². The first kappa shape index (κ1) is 18.5. The fraction of sp³-hybridized carbons (Fsp3) is 0.375. The molecule has 1 heterocycles. The van der Waals surface area contributed by atoms with Gasteiger partial charge in [-0.15, -0.1) is 24.0 Å². The Hall–Kier alpha value is -1.57. The number of nitrogens with zero attached hydrogens (tertiary/aromatic N) is 2. The Kier molecular flexibility index (Phi) is 7.37. The van der Waals surface area contributed by atoms with Crippen LogP contribution in [0.3, 0.4) is 0 Å². The Balaban J connectivity index is 0.00000242. The van der Waals surface area contributed by atoms with E-state index in [2.05, 4.69) is 51.8 Å². The zero-order chi connectivity index (χ0) is 15.2. The van der Waals surface area contributed by atoms with Crippen LogP contribution in [-0.4, -0.2) is 18.0 Å². The Labute approximate surface area is 148 Å². The second kappa shape index (κ2) is 8.77. The van der Waals surface area contributed by atoms with Crippen LogP contribution < -0.4 is 10.6 Å². The van der Waals surface area contributed by atoms with Gasteiger partial charge in [0.05, 0.1) is 12.2 Å². The molecular weight excluding hydrogens is 391 g/mol. The minimum Gasteiger partial charge on any atom is -0.444 e. The first-order chi connectivity index (χ1) is 10.1. The van der Waals surface area contributed by atoms with E-state index >= 15 is 0 Å². The summed E-state index contributed by atoms with van der Waals surface area (Å²) in [6, 6.07) is 8.42. The molecule has 1 aromatic heterocycles. The van der Waals surface area contributed by atoms with Gasteiger partial charge < -0.3 is 15.1 Å². The molecular formula is C16H23IN4O. The standard InChI is InChI=1S/C16H22N4O.HI/c1-11-5-7-14(8-6-11)9-18-16(17-4)19-10-15-20-12(2)13(3)21-15;/h5-8H,9-10H2,1-4H3,(H2,17,18,19);1H. The third kappa shape index (κ3) is 5.32. The highest BCUT2D eigenvalue weighted by Crippen LogP contribution is 2.07. The van der Waals surface area contributed by atoms with Crippen LogP contribution in [0.5, 0.6) is 0 Å². The normalized spacial score (nSPS) is 11.0. The summed E-state index contributed by atoms with van der Waals surface area (Å²) in [5.74, 6) is 2.25. The van der Waals surface area contributed by atoms with Gasteiger partial charge in [0.25, 0.3) is 0 Å². The first-order valence-corrected chi connectivity index (χ1v) is 7.01. The molecule has 0 saturated carbocycles. The molecule has 0 radical (unpaired) electrons. The second-order valence-electron chi connectivity index (χ2n) is 5.01. The summed E-state index contributed by atoms with van der Waals surface area (Å²) in [6.45, 7) is 7.17. The minimum absolute atomic E-state index is 0. The molecule has 0 atom stereocenters. The van der Waals surface area contributed by atoms with Crippen LogP contribution in [0.1, 0.15) is 28.5 Å². The van der Waals surface area contributed by atoms with Crippen molar-refractivity contribution in [2.24, 2.45) is 4.99 Å². The molecule has 0 fully saturated rings. The van der Waals surface area contributed by atoms with Crippen molar-refractivity contribution >= 4 is 29.9 Å². The highest BCUT2D eigenvalue weighted by atomic mass is 127. The van der Waals surface area contributed by atoms with Crippen molar-refractivity contribution in [2.75, 3.05) is 7.05 Å². The summed E-state index contributed by atoms with van der Waals surface area (Å²) in [5.41, 5.74) is 3.40. The van der Waals surface area contributed by atoms with Crippen molar-refractivity contribution < 1.29 is 4.42 Å². The van der Waals surface area contributed by atoms with Crippen molar-refractivity contribution in [1.29, 1.82) is 0 Å². The first-order valence-electron chi connectivity index (χ1n) is 7.01. The fourth-order valence-electron chi connectivity index (χ4n) is 1.89. The van der Waals surface area contributed by atoms with Crippen molar-refractivity contribution in [1.82, 2.24) is 15.6 Å². The van der Waals surface area contributed by atoms with Gasteiger partial charge in [-0.1, -0.05) is 29.8 Å². The Bertz CT molecular complexity index is 600. The fourth-order valence-corrected chi connectivity index (χ4v) is 1.89. The quantitative estimate of drug-likeness (QED) is 0.459. The molecule has 6 heteroatoms. The van der Waals surface area contributed by atoms with Gasteiger partial charge >= 0.3 is 0 Å². The zero-order valence-corrected chi connectivity index (χ0v) is 15.8. The van der Waals surface area contributed by atoms with Crippen LogP contribution >= 0.6 is 24.0 Å². The molecule has 0 amide bonds. The number of hydrogen-bond acceptors (Lipinski definition) is 3. The summed E-state index contributed by atoms with van der Waals surface area (Å²) in [5, 5.41) is 6.46. The smallest absolute Gasteiger partial charge is 0.214 e. The summed E-state index contributed by atoms with van der Waals surface area (Å²) >= 11 is 0. The van der Waals surface area contributed by atoms with Crippen molar-refractivity contribution in [2.45, 2.75) is 33.9 Å². The molecule has 0 aliphatic heterocycles. The van der Waals surface area contributed by atoms with Crippen molar-refractivity contribution in [3.05, 3.63) is 52.7 Å². The Morgan fingerprint density at radius 1 is 1.09 bits per heavy atom. The third-order valence-corrected chi connectivity index (χ3v) is 3.28. The average molecular weight is 414 g/mol. The van der Waals surface area contributed by atoms with Crippen LogP contribution in [-0.2, 0) is 13.1 Å². The van der Waals surface area contributed by atoms with Crippen LogP contribution in [0.15, 0.2) is 33.7 Å². The van der Waals surface area contributed by atoms with E-state index in [0.29, 0.717) is 12.4 Å². The predicted octanol–water partition coefficient (Wildman–Crippen LogP) is 3.08. The lowest BCUT2D eigenvalue weighted by Gasteiger charge is -2.10. The summed E-state index contributed by atoms with van der Waals surface area (Å²) < 4.78 is 5.53. The number of aryl methyl sites for hydroxylation is 3. The maximum atomic E-state index is 5.53. The summed E-state index contributed by atoms with van der Waals surface area (Å²) in [6.07, 6.45) is 0. The molecule has 0 aliphatic carbocycles. The van der Waals surface area contributed by atoms with E-state index in [1.807, 2.05) is 13.8 Å². The van der Waals surface area contributed by atoms with Gasteiger partial charge in [-0.2, -0.15) is 0 Å². The number of hydrogen-bond donors (Lipinski definition) is 2. The van der Waals surface area contributed by atoms with Crippen LogP contribution in [0.4, 0.5) is 0 Å². The van der Waals surface area contributed by atoms with Gasteiger partial charge in [0.15, 0.2) is 5.96 Å². The molecule has 2 aromatic rings. The van der Waals surface area contributed by atoms with E-state index in [1.165, 1.54) is 11.1 Å². The number of halogens is 1. The maximum absolute atomic E-state index is 5.53. The molecule has 120 valence electrons. The Morgan fingerprint density at radius 3 is 2.27 bits per heavy atom. The number of benzene rings is 1. The van der Waals surface area contributed by atoms with Gasteiger partial charge in [0, 0.05) is 13.6 Å². The molecule has 0 saturated heterocycles.